The van der Waals surface area contributed by atoms with Crippen molar-refractivity contribution in [2.24, 2.45) is 7.05 Å². The van der Waals surface area contributed by atoms with Gasteiger partial charge in [-0.3, -0.25) is 19.1 Å². The second-order valence-corrected chi connectivity index (χ2v) is 14.2. The van der Waals surface area contributed by atoms with Gasteiger partial charge in [-0.15, -0.1) is 0 Å². The van der Waals surface area contributed by atoms with Crippen LogP contribution in [-0.4, -0.2) is 49.5 Å². The van der Waals surface area contributed by atoms with Crippen molar-refractivity contribution in [1.82, 2.24) is 38.4 Å². The third kappa shape index (κ3) is 8.63. The first kappa shape index (κ1) is 41.6. The highest BCUT2D eigenvalue weighted by Gasteiger charge is 2.15. The van der Waals surface area contributed by atoms with Gasteiger partial charge in [-0.05, 0) is 81.4 Å². The van der Waals surface area contributed by atoms with Gasteiger partial charge < -0.3 is 18.8 Å². The van der Waals surface area contributed by atoms with Gasteiger partial charge in [-0.1, -0.05) is 72.3 Å². The Kier molecular flexibility index (Phi) is 12.4. The van der Waals surface area contributed by atoms with Crippen LogP contribution in [0, 0.1) is 0 Å². The Hall–Kier alpha value is -7.51. The first-order chi connectivity index (χ1) is 29.5. The van der Waals surface area contributed by atoms with E-state index in [1.165, 1.54) is 12.1 Å². The largest absolute Gasteiger partial charge is 0.478 e. The van der Waals surface area contributed by atoms with Gasteiger partial charge in [0.05, 0.1) is 44.9 Å². The maximum absolute atomic E-state index is 12.6. The molecule has 13 nitrogen and oxygen atoms in total. The summed E-state index contributed by atoms with van der Waals surface area (Å²) in [4.78, 5) is 62.0. The van der Waals surface area contributed by atoms with Crippen LogP contribution < -0.4 is 16.7 Å². The maximum atomic E-state index is 12.6. The molecule has 0 aliphatic carbocycles. The molecule has 0 spiro atoms. The van der Waals surface area contributed by atoms with E-state index >= 15 is 0 Å². The number of hydrogen-bond donors (Lipinski definition) is 1. The number of halogens is 1. The number of carboxylic acids is 1. The molecule has 0 bridgehead atoms. The van der Waals surface area contributed by atoms with E-state index in [0.29, 0.717) is 47.3 Å². The lowest BCUT2D eigenvalue weighted by atomic mass is 10.1. The molecule has 0 saturated carbocycles. The van der Waals surface area contributed by atoms with Crippen LogP contribution in [0.4, 0.5) is 0 Å². The van der Waals surface area contributed by atoms with Gasteiger partial charge >= 0.3 is 5.97 Å². The third-order valence-corrected chi connectivity index (χ3v) is 10.2. The van der Waals surface area contributed by atoms with Crippen molar-refractivity contribution in [3.05, 3.63) is 175 Å². The average molecular weight is 833 g/mol. The summed E-state index contributed by atoms with van der Waals surface area (Å²) in [5, 5.41) is 13.6. The molecule has 0 fully saturated rings. The van der Waals surface area contributed by atoms with Crippen molar-refractivity contribution < 1.29 is 9.90 Å². The third-order valence-electron chi connectivity index (χ3n) is 9.99. The number of para-hydroxylation sites is 6. The van der Waals surface area contributed by atoms with Crippen molar-refractivity contribution in [3.63, 3.8) is 0 Å². The lowest BCUT2D eigenvalue weighted by Crippen LogP contribution is -2.22. The fourth-order valence-electron chi connectivity index (χ4n) is 7.03. The van der Waals surface area contributed by atoms with E-state index < -0.39 is 5.97 Å². The molecule has 1 N–H and O–H groups in total. The molecule has 14 heteroatoms. The summed E-state index contributed by atoms with van der Waals surface area (Å²) in [7, 11) is 1.82. The predicted octanol–water partition coefficient (Wildman–Crippen LogP) is 8.34. The van der Waals surface area contributed by atoms with Crippen molar-refractivity contribution in [2.45, 2.75) is 40.4 Å². The fourth-order valence-corrected chi connectivity index (χ4v) is 7.22. The zero-order chi connectivity index (χ0) is 43.2. The van der Waals surface area contributed by atoms with Gasteiger partial charge in [0.25, 0.3) is 16.7 Å². The molecular weight excluding hydrogens is 792 g/mol. The SMILES string of the molecule is CCn1c(=O)c(-c2ccc(C(=O)O)cc2)nc2ccccc21.CCn1c(=O)c(-c2cccc(Cl)c2)nc2ccccc21.CCn1c(=O)c(-c2cnn(C)c2)nc2ccccc21. The first-order valence-corrected chi connectivity index (χ1v) is 20.0. The number of carboxylic acid groups (broad SMARTS) is 1. The van der Waals surface area contributed by atoms with E-state index in [9.17, 15) is 19.2 Å². The van der Waals surface area contributed by atoms with E-state index in [1.54, 1.807) is 55.0 Å². The van der Waals surface area contributed by atoms with Crippen LogP contribution in [0.2, 0.25) is 5.02 Å². The van der Waals surface area contributed by atoms with Gasteiger partial charge in [-0.25, -0.2) is 19.7 Å². The smallest absolute Gasteiger partial charge is 0.335 e. The highest BCUT2D eigenvalue weighted by Crippen LogP contribution is 2.22. The molecule has 61 heavy (non-hydrogen) atoms. The molecule has 0 unspecified atom stereocenters. The number of nitrogens with zero attached hydrogens (tertiary/aromatic N) is 8. The first-order valence-electron chi connectivity index (χ1n) is 19.6. The van der Waals surface area contributed by atoms with E-state index in [2.05, 4.69) is 20.1 Å². The Morgan fingerprint density at radius 3 is 1.38 bits per heavy atom. The Morgan fingerprint density at radius 1 is 0.557 bits per heavy atom. The summed E-state index contributed by atoms with van der Waals surface area (Å²) in [6.45, 7) is 7.59. The molecular formula is C47H41ClN8O5. The molecule has 306 valence electrons. The van der Waals surface area contributed by atoms with Gasteiger partial charge in [0.15, 0.2) is 0 Å². The fraction of sp³-hybridized carbons (Fsp3) is 0.149. The topological polar surface area (TPSA) is 160 Å². The number of aromatic carboxylic acids is 1. The van der Waals surface area contributed by atoms with E-state index in [1.807, 2.05) is 113 Å². The number of carbonyl (C=O) groups is 1. The van der Waals surface area contributed by atoms with Crippen molar-refractivity contribution in [2.75, 3.05) is 0 Å². The molecule has 0 atom stereocenters. The second kappa shape index (κ2) is 18.2. The highest BCUT2D eigenvalue weighted by molar-refractivity contribution is 6.30. The zero-order valence-corrected chi connectivity index (χ0v) is 34.6. The molecule has 4 aromatic heterocycles. The number of rotatable bonds is 7. The summed E-state index contributed by atoms with van der Waals surface area (Å²) in [5.74, 6) is -0.996. The summed E-state index contributed by atoms with van der Waals surface area (Å²) in [5.41, 5.74) is 8.05. The molecule has 9 aromatic rings. The van der Waals surface area contributed by atoms with Crippen LogP contribution in [0.3, 0.4) is 0 Å². The molecule has 5 aromatic carbocycles. The maximum Gasteiger partial charge on any atom is 0.335 e. The van der Waals surface area contributed by atoms with Crippen molar-refractivity contribution in [3.8, 4) is 33.8 Å². The molecule has 0 aliphatic rings. The molecule has 0 amide bonds. The Labute approximate surface area is 354 Å². The Bertz CT molecular complexity index is 3240. The lowest BCUT2D eigenvalue weighted by Gasteiger charge is -2.10. The Morgan fingerprint density at radius 2 is 0.984 bits per heavy atom. The van der Waals surface area contributed by atoms with Gasteiger partial charge in [0, 0.05) is 54.6 Å². The van der Waals surface area contributed by atoms with E-state index in [0.717, 1.165) is 44.2 Å². The summed E-state index contributed by atoms with van der Waals surface area (Å²) < 4.78 is 6.81. The number of aryl methyl sites for hydroxylation is 4. The van der Waals surface area contributed by atoms with Gasteiger partial charge in [-0.2, -0.15) is 5.10 Å². The number of aromatic nitrogens is 8. The minimum Gasteiger partial charge on any atom is -0.478 e. The Balaban J connectivity index is 0.000000138. The zero-order valence-electron chi connectivity index (χ0n) is 33.9. The minimum absolute atomic E-state index is 0.0748. The van der Waals surface area contributed by atoms with Crippen LogP contribution in [0.25, 0.3) is 66.9 Å². The minimum atomic E-state index is -0.996. The van der Waals surface area contributed by atoms with Gasteiger partial charge in [0.1, 0.15) is 17.1 Å². The molecule has 4 heterocycles. The van der Waals surface area contributed by atoms with Crippen molar-refractivity contribution >= 4 is 50.7 Å². The number of hydrogen-bond acceptors (Lipinski definition) is 8. The average Bonchev–Trinajstić information content (AvgIpc) is 3.72. The van der Waals surface area contributed by atoms with E-state index in [4.69, 9.17) is 16.7 Å². The number of benzene rings is 5. The summed E-state index contributed by atoms with van der Waals surface area (Å²) in [6.07, 6.45) is 3.47. The molecule has 0 radical (unpaired) electrons. The number of fused-ring (bicyclic) bond motifs is 3. The van der Waals surface area contributed by atoms with Crippen LogP contribution in [-0.2, 0) is 26.7 Å². The quantitative estimate of drug-likeness (QED) is 0.167. The normalized spacial score (nSPS) is 10.9. The van der Waals surface area contributed by atoms with E-state index in [-0.39, 0.29) is 22.2 Å². The van der Waals surface area contributed by atoms with Crippen LogP contribution in [0.1, 0.15) is 31.1 Å². The highest BCUT2D eigenvalue weighted by atomic mass is 35.5. The van der Waals surface area contributed by atoms with Gasteiger partial charge in [0.2, 0.25) is 0 Å². The predicted molar refractivity (Wildman–Crippen MR) is 240 cm³/mol. The summed E-state index contributed by atoms with van der Waals surface area (Å²) >= 11 is 6.00. The standard InChI is InChI=1S/C17H14N2O3.C16H13ClN2O.C14H14N4O/c1-2-19-14-6-4-3-5-13(14)18-15(16(19)20)11-7-9-12(10-8-11)17(21)22;1-2-19-14-9-4-3-8-13(14)18-15(16(19)20)11-6-5-7-12(17)10-11;1-3-18-12-7-5-4-6-11(12)16-13(14(18)19)10-8-15-17(2)9-10/h3-10H,2H2,1H3,(H,21,22);3-10H,2H2,1H3;4-9H,3H2,1-2H3. The monoisotopic (exact) mass is 832 g/mol. The van der Waals surface area contributed by atoms with Crippen LogP contribution >= 0.6 is 11.6 Å². The molecule has 0 saturated heterocycles. The lowest BCUT2D eigenvalue weighted by molar-refractivity contribution is 0.0697. The second-order valence-electron chi connectivity index (χ2n) is 13.8. The van der Waals surface area contributed by atoms with Crippen molar-refractivity contribution in [1.29, 1.82) is 0 Å². The van der Waals surface area contributed by atoms with Crippen LogP contribution in [0.5, 0.6) is 0 Å². The molecule has 0 aliphatic heterocycles. The molecule has 9 rings (SSSR count). The summed E-state index contributed by atoms with van der Waals surface area (Å²) in [6, 6.07) is 36.2. The van der Waals surface area contributed by atoms with Crippen LogP contribution in [0.15, 0.2) is 148 Å².